The van der Waals surface area contributed by atoms with E-state index in [4.69, 9.17) is 16.3 Å². The fourth-order valence-corrected chi connectivity index (χ4v) is 4.39. The number of piperazine rings is 1. The molecular formula is C24H31ClN6O. The van der Waals surface area contributed by atoms with Crippen LogP contribution in [0.4, 0.5) is 17.3 Å². The minimum atomic E-state index is 0. The normalized spacial score (nSPS) is 17.4. The van der Waals surface area contributed by atoms with Crippen molar-refractivity contribution in [3.63, 3.8) is 0 Å². The first-order valence-corrected chi connectivity index (χ1v) is 11.6. The molecule has 0 atom stereocenters. The highest BCUT2D eigenvalue weighted by Gasteiger charge is 2.29. The van der Waals surface area contributed by atoms with Gasteiger partial charge in [0.15, 0.2) is 0 Å². The fourth-order valence-electron chi connectivity index (χ4n) is 4.21. The number of nitrogens with zero attached hydrogens (tertiary/aromatic N) is 5. The average Bonchev–Trinajstić information content (AvgIpc) is 3.23. The molecule has 2 fully saturated rings. The Morgan fingerprint density at radius 3 is 2.59 bits per heavy atom. The van der Waals surface area contributed by atoms with Gasteiger partial charge in [-0.05, 0) is 54.8 Å². The maximum absolute atomic E-state index is 6.27. The Hall–Kier alpha value is -2.61. The molecule has 5 rings (SSSR count). The SMILES string of the molecule is CCc1cc(Nc2ncn(-c3ccc(C)c(Cl)c3)n2)cc(N2CCN(C3COC3)CC2)c1.[HH]. The van der Waals surface area contributed by atoms with E-state index in [9.17, 15) is 0 Å². The molecule has 2 aliphatic heterocycles. The molecular weight excluding hydrogens is 424 g/mol. The van der Waals surface area contributed by atoms with E-state index in [1.54, 1.807) is 11.0 Å². The van der Waals surface area contributed by atoms with Gasteiger partial charge in [0.25, 0.3) is 0 Å². The van der Waals surface area contributed by atoms with E-state index in [0.717, 1.165) is 67.8 Å². The molecule has 1 N–H and O–H groups in total. The number of hydrogen-bond acceptors (Lipinski definition) is 6. The van der Waals surface area contributed by atoms with Gasteiger partial charge in [-0.3, -0.25) is 4.90 Å². The third-order valence-corrected chi connectivity index (χ3v) is 6.78. The van der Waals surface area contributed by atoms with Crippen molar-refractivity contribution in [3.05, 3.63) is 58.9 Å². The van der Waals surface area contributed by atoms with Crippen molar-refractivity contribution in [2.45, 2.75) is 26.3 Å². The summed E-state index contributed by atoms with van der Waals surface area (Å²) in [6, 6.07) is 13.2. The number of hydrogen-bond donors (Lipinski definition) is 1. The van der Waals surface area contributed by atoms with E-state index >= 15 is 0 Å². The Labute approximate surface area is 195 Å². The maximum atomic E-state index is 6.27. The Balaban J connectivity index is 0.00000259. The molecule has 2 saturated heterocycles. The van der Waals surface area contributed by atoms with Crippen LogP contribution in [-0.2, 0) is 11.2 Å². The van der Waals surface area contributed by atoms with Gasteiger partial charge < -0.3 is 15.0 Å². The van der Waals surface area contributed by atoms with E-state index in [1.165, 1.54) is 11.3 Å². The van der Waals surface area contributed by atoms with Crippen LogP contribution < -0.4 is 10.2 Å². The van der Waals surface area contributed by atoms with E-state index in [0.29, 0.717) is 12.0 Å². The highest BCUT2D eigenvalue weighted by Crippen LogP contribution is 2.27. The first kappa shape index (κ1) is 21.2. The molecule has 170 valence electrons. The molecule has 3 heterocycles. The van der Waals surface area contributed by atoms with Crippen molar-refractivity contribution in [1.29, 1.82) is 0 Å². The van der Waals surface area contributed by atoms with E-state index in [2.05, 4.69) is 50.3 Å². The van der Waals surface area contributed by atoms with E-state index in [-0.39, 0.29) is 1.43 Å². The van der Waals surface area contributed by atoms with Crippen molar-refractivity contribution in [3.8, 4) is 5.69 Å². The summed E-state index contributed by atoms with van der Waals surface area (Å²) in [6.45, 7) is 10.2. The zero-order valence-electron chi connectivity index (χ0n) is 18.6. The second-order valence-electron chi connectivity index (χ2n) is 8.53. The van der Waals surface area contributed by atoms with Gasteiger partial charge >= 0.3 is 0 Å². The van der Waals surface area contributed by atoms with Gasteiger partial charge in [0.1, 0.15) is 6.33 Å². The monoisotopic (exact) mass is 454 g/mol. The second-order valence-corrected chi connectivity index (χ2v) is 8.93. The van der Waals surface area contributed by atoms with Gasteiger partial charge in [-0.25, -0.2) is 4.68 Å². The van der Waals surface area contributed by atoms with Crippen molar-refractivity contribution in [1.82, 2.24) is 19.7 Å². The molecule has 8 heteroatoms. The van der Waals surface area contributed by atoms with Crippen LogP contribution in [0.15, 0.2) is 42.7 Å². The first-order valence-electron chi connectivity index (χ1n) is 11.2. The molecule has 32 heavy (non-hydrogen) atoms. The number of anilines is 3. The summed E-state index contributed by atoms with van der Waals surface area (Å²) in [5.41, 5.74) is 5.48. The molecule has 0 amide bonds. The van der Waals surface area contributed by atoms with Gasteiger partial charge in [-0.1, -0.05) is 24.6 Å². The molecule has 7 nitrogen and oxygen atoms in total. The fraction of sp³-hybridized carbons (Fsp3) is 0.417. The molecule has 2 aromatic carbocycles. The smallest absolute Gasteiger partial charge is 0.246 e. The maximum Gasteiger partial charge on any atom is 0.246 e. The summed E-state index contributed by atoms with van der Waals surface area (Å²) in [6.07, 6.45) is 2.68. The van der Waals surface area contributed by atoms with Crippen LogP contribution in [0.1, 0.15) is 19.5 Å². The molecule has 2 aliphatic rings. The molecule has 0 aliphatic carbocycles. The number of ether oxygens (including phenoxy) is 1. The van der Waals surface area contributed by atoms with Crippen LogP contribution in [-0.4, -0.2) is 65.1 Å². The second kappa shape index (κ2) is 9.10. The molecule has 0 bridgehead atoms. The zero-order chi connectivity index (χ0) is 22.1. The van der Waals surface area contributed by atoms with Crippen molar-refractivity contribution >= 4 is 28.9 Å². The van der Waals surface area contributed by atoms with Gasteiger partial charge in [-0.2, -0.15) is 4.98 Å². The highest BCUT2D eigenvalue weighted by molar-refractivity contribution is 6.31. The van der Waals surface area contributed by atoms with Crippen LogP contribution in [0, 0.1) is 6.92 Å². The molecule has 0 saturated carbocycles. The number of rotatable bonds is 6. The quantitative estimate of drug-likeness (QED) is 0.599. The van der Waals surface area contributed by atoms with Crippen molar-refractivity contribution < 1.29 is 6.16 Å². The largest absolute Gasteiger partial charge is 0.378 e. The van der Waals surface area contributed by atoms with Crippen LogP contribution >= 0.6 is 11.6 Å². The molecule has 0 radical (unpaired) electrons. The highest BCUT2D eigenvalue weighted by atomic mass is 35.5. The lowest BCUT2D eigenvalue weighted by Crippen LogP contribution is -2.56. The number of halogens is 1. The van der Waals surface area contributed by atoms with Crippen molar-refractivity contribution in [2.75, 3.05) is 49.6 Å². The van der Waals surface area contributed by atoms with E-state index in [1.807, 2.05) is 25.1 Å². The van der Waals surface area contributed by atoms with Gasteiger partial charge in [-0.15, -0.1) is 5.10 Å². The Kier molecular flexibility index (Phi) is 6.04. The summed E-state index contributed by atoms with van der Waals surface area (Å²) < 4.78 is 7.10. The number of nitrogens with one attached hydrogen (secondary N) is 1. The third-order valence-electron chi connectivity index (χ3n) is 6.37. The number of aryl methyl sites for hydroxylation is 2. The lowest BCUT2D eigenvalue weighted by molar-refractivity contribution is -0.0660. The molecule has 0 unspecified atom stereocenters. The van der Waals surface area contributed by atoms with Crippen molar-refractivity contribution in [2.24, 2.45) is 0 Å². The average molecular weight is 455 g/mol. The lowest BCUT2D eigenvalue weighted by Gasteiger charge is -2.43. The Morgan fingerprint density at radius 1 is 1.09 bits per heavy atom. The van der Waals surface area contributed by atoms with Gasteiger partial charge in [0, 0.05) is 44.0 Å². The Morgan fingerprint density at radius 2 is 1.91 bits per heavy atom. The molecule has 1 aromatic heterocycles. The summed E-state index contributed by atoms with van der Waals surface area (Å²) in [5.74, 6) is 0.565. The minimum absolute atomic E-state index is 0. The Bertz CT molecular complexity index is 1090. The minimum Gasteiger partial charge on any atom is -0.378 e. The zero-order valence-corrected chi connectivity index (χ0v) is 19.3. The van der Waals surface area contributed by atoms with Crippen LogP contribution in [0.3, 0.4) is 0 Å². The van der Waals surface area contributed by atoms with Crippen LogP contribution in [0.5, 0.6) is 0 Å². The third kappa shape index (κ3) is 4.46. The lowest BCUT2D eigenvalue weighted by atomic mass is 10.1. The number of benzene rings is 2. The summed E-state index contributed by atoms with van der Waals surface area (Å²) >= 11 is 6.27. The molecule has 3 aromatic rings. The predicted octanol–water partition coefficient (Wildman–Crippen LogP) is 4.30. The summed E-state index contributed by atoms with van der Waals surface area (Å²) in [4.78, 5) is 9.47. The van der Waals surface area contributed by atoms with Crippen LogP contribution in [0.2, 0.25) is 5.02 Å². The topological polar surface area (TPSA) is 58.5 Å². The predicted molar refractivity (Wildman–Crippen MR) is 131 cm³/mol. The molecule has 0 spiro atoms. The number of aromatic nitrogens is 3. The van der Waals surface area contributed by atoms with Gasteiger partial charge in [0.05, 0.1) is 24.9 Å². The van der Waals surface area contributed by atoms with E-state index < -0.39 is 0 Å². The van der Waals surface area contributed by atoms with Crippen LogP contribution in [0.25, 0.3) is 5.69 Å². The standard InChI is InChI=1S/C24H29ClN6O.H2/c1-3-18-10-19(12-21(11-18)29-6-8-30(9-7-29)22-14-32-15-22)27-24-26-16-31(28-24)20-5-4-17(2)23(25)13-20;/h4-5,10-13,16,22H,3,6-9,14-15H2,1-2H3,(H,27,28);1H. The summed E-state index contributed by atoms with van der Waals surface area (Å²) in [5, 5.41) is 8.70. The summed E-state index contributed by atoms with van der Waals surface area (Å²) in [7, 11) is 0. The van der Waals surface area contributed by atoms with Gasteiger partial charge in [0.2, 0.25) is 5.95 Å². The first-order chi connectivity index (χ1) is 15.6.